The van der Waals surface area contributed by atoms with Gasteiger partial charge in [-0.3, -0.25) is 29.0 Å². The van der Waals surface area contributed by atoms with Crippen molar-refractivity contribution in [3.05, 3.63) is 64.8 Å². The van der Waals surface area contributed by atoms with Gasteiger partial charge in [-0.05, 0) is 67.1 Å². The number of benzene rings is 2. The molecule has 1 fully saturated rings. The summed E-state index contributed by atoms with van der Waals surface area (Å²) in [7, 11) is -1.19. The average molecular weight is 859 g/mol. The maximum Gasteiger partial charge on any atom is 0.257 e. The lowest BCUT2D eigenvalue weighted by Crippen LogP contribution is -2.51. The molecule has 0 radical (unpaired) electrons. The number of rotatable bonds is 17. The van der Waals surface area contributed by atoms with Crippen molar-refractivity contribution < 1.29 is 42.9 Å². The summed E-state index contributed by atoms with van der Waals surface area (Å²) in [5.74, 6) is 0.646. The molecular weight excluding hydrogens is 797 g/mol. The van der Waals surface area contributed by atoms with Crippen molar-refractivity contribution in [3.63, 3.8) is 0 Å². The van der Waals surface area contributed by atoms with E-state index in [0.29, 0.717) is 85.3 Å². The van der Waals surface area contributed by atoms with E-state index in [9.17, 15) is 19.2 Å². The van der Waals surface area contributed by atoms with Gasteiger partial charge in [0.05, 0.1) is 42.8 Å². The Morgan fingerprint density at radius 1 is 0.717 bits per heavy atom. The molecular formula is C45H62N4O9Si2. The van der Waals surface area contributed by atoms with Crippen molar-refractivity contribution in [2.45, 2.75) is 102 Å². The van der Waals surface area contributed by atoms with Crippen molar-refractivity contribution in [1.29, 1.82) is 0 Å². The molecule has 1 unspecified atom stereocenters. The number of anilines is 2. The normalized spacial score (nSPS) is 20.4. The van der Waals surface area contributed by atoms with Gasteiger partial charge in [-0.1, -0.05) is 51.4 Å². The lowest BCUT2D eigenvalue weighted by Gasteiger charge is -2.37. The molecule has 324 valence electrons. The summed E-state index contributed by atoms with van der Waals surface area (Å²) >= 11 is 0. The zero-order chi connectivity index (χ0) is 42.8. The van der Waals surface area contributed by atoms with Crippen LogP contribution in [0, 0.1) is 0 Å². The second kappa shape index (κ2) is 18.3. The van der Waals surface area contributed by atoms with Gasteiger partial charge >= 0.3 is 0 Å². The minimum Gasteiger partial charge on any atom is -0.493 e. The highest BCUT2D eigenvalue weighted by Crippen LogP contribution is 2.42. The van der Waals surface area contributed by atoms with Crippen LogP contribution in [0.25, 0.3) is 0 Å². The van der Waals surface area contributed by atoms with E-state index in [-0.39, 0.29) is 50.3 Å². The first-order valence-corrected chi connectivity index (χ1v) is 28.9. The van der Waals surface area contributed by atoms with Crippen molar-refractivity contribution in [3.8, 4) is 17.2 Å². The van der Waals surface area contributed by atoms with Crippen molar-refractivity contribution >= 4 is 51.2 Å². The lowest BCUT2D eigenvalue weighted by molar-refractivity contribution is -0.124. The van der Waals surface area contributed by atoms with Crippen molar-refractivity contribution in [2.75, 3.05) is 69.9 Å². The van der Waals surface area contributed by atoms with Crippen LogP contribution < -0.4 is 24.0 Å². The van der Waals surface area contributed by atoms with Gasteiger partial charge in [-0.15, -0.1) is 0 Å². The number of hydrogen-bond acceptors (Lipinski definition) is 9. The molecule has 15 heteroatoms. The quantitative estimate of drug-likeness (QED) is 0.119. The van der Waals surface area contributed by atoms with Gasteiger partial charge < -0.3 is 33.5 Å². The Bertz CT molecular complexity index is 2040. The molecule has 7 rings (SSSR count). The first-order chi connectivity index (χ1) is 28.6. The molecule has 1 saturated heterocycles. The van der Waals surface area contributed by atoms with Gasteiger partial charge in [0.1, 0.15) is 31.3 Å². The van der Waals surface area contributed by atoms with Gasteiger partial charge in [0.2, 0.25) is 0 Å². The largest absolute Gasteiger partial charge is 0.493 e. The Hall–Kier alpha value is -4.45. The summed E-state index contributed by atoms with van der Waals surface area (Å²) in [6.45, 7) is 16.4. The predicted molar refractivity (Wildman–Crippen MR) is 237 cm³/mol. The summed E-state index contributed by atoms with van der Waals surface area (Å²) in [5.41, 5.74) is 4.12. The third kappa shape index (κ3) is 9.69. The van der Waals surface area contributed by atoms with E-state index < -0.39 is 28.2 Å². The number of carbonyl (C=O) groups is 4. The highest BCUT2D eigenvalue weighted by atomic mass is 28.3. The van der Waals surface area contributed by atoms with Crippen molar-refractivity contribution in [1.82, 2.24) is 9.80 Å². The van der Waals surface area contributed by atoms with Crippen LogP contribution in [-0.4, -0.2) is 122 Å². The monoisotopic (exact) mass is 858 g/mol. The van der Waals surface area contributed by atoms with Crippen LogP contribution in [0.4, 0.5) is 11.4 Å². The lowest BCUT2D eigenvalue weighted by atomic mass is 9.87. The van der Waals surface area contributed by atoms with E-state index in [4.69, 9.17) is 23.7 Å². The van der Waals surface area contributed by atoms with Gasteiger partial charge in [-0.25, -0.2) is 0 Å². The minimum atomic E-state index is -1.39. The van der Waals surface area contributed by atoms with Gasteiger partial charge in [0.25, 0.3) is 23.6 Å². The number of hydrogen-bond donors (Lipinski definition) is 0. The molecule has 60 heavy (non-hydrogen) atoms. The maximum atomic E-state index is 14.4. The fourth-order valence-electron chi connectivity index (χ4n) is 8.38. The first-order valence-electron chi connectivity index (χ1n) is 21.5. The highest BCUT2D eigenvalue weighted by Gasteiger charge is 2.44. The van der Waals surface area contributed by atoms with Crippen LogP contribution in [0.2, 0.25) is 51.4 Å². The van der Waals surface area contributed by atoms with Gasteiger partial charge in [0, 0.05) is 67.4 Å². The van der Waals surface area contributed by atoms with E-state index in [0.717, 1.165) is 36.9 Å². The molecule has 0 saturated carbocycles. The second-order valence-electron chi connectivity index (χ2n) is 18.9. The Morgan fingerprint density at radius 3 is 2.05 bits per heavy atom. The molecule has 0 bridgehead atoms. The molecule has 4 amide bonds. The molecule has 2 aromatic rings. The fourth-order valence-corrected chi connectivity index (χ4v) is 9.90. The zero-order valence-electron chi connectivity index (χ0n) is 36.5. The van der Waals surface area contributed by atoms with E-state index in [1.807, 2.05) is 0 Å². The molecule has 13 nitrogen and oxygen atoms in total. The zero-order valence-corrected chi connectivity index (χ0v) is 38.5. The Balaban J connectivity index is 1.05. The SMILES string of the molecule is COc1cc2c(cc1OCCCOc1ccc3c(c1)N(COCC[Si](C)(C)C)C(=O)[C@@H]1CCCN1C3=O)N(COCC[Si](C)(C)C)C(=O)C1CC3=C(CCC=C3)CN1C2=O. The van der Waals surface area contributed by atoms with Crippen LogP contribution >= 0.6 is 0 Å². The van der Waals surface area contributed by atoms with Gasteiger partial charge in [-0.2, -0.15) is 0 Å². The number of carbonyl (C=O) groups excluding carboxylic acids is 4. The summed E-state index contributed by atoms with van der Waals surface area (Å²) in [6, 6.07) is 9.45. The highest BCUT2D eigenvalue weighted by molar-refractivity contribution is 6.76. The number of fused-ring (bicyclic) bond motifs is 4. The molecule has 0 aromatic heterocycles. The van der Waals surface area contributed by atoms with E-state index >= 15 is 0 Å². The van der Waals surface area contributed by atoms with Crippen LogP contribution in [0.5, 0.6) is 17.2 Å². The number of methoxy groups -OCH3 is 1. The molecule has 0 spiro atoms. The van der Waals surface area contributed by atoms with Crippen molar-refractivity contribution in [2.24, 2.45) is 0 Å². The third-order valence-electron chi connectivity index (χ3n) is 12.0. The van der Waals surface area contributed by atoms with E-state index in [1.54, 1.807) is 49.9 Å². The summed E-state index contributed by atoms with van der Waals surface area (Å²) < 4.78 is 30.5. The van der Waals surface area contributed by atoms with E-state index in [2.05, 4.69) is 51.4 Å². The van der Waals surface area contributed by atoms with Gasteiger partial charge in [0.15, 0.2) is 11.5 Å². The second-order valence-corrected chi connectivity index (χ2v) is 30.1. The number of ether oxygens (including phenoxy) is 5. The molecule has 1 aliphatic carbocycles. The predicted octanol–water partition coefficient (Wildman–Crippen LogP) is 7.33. The average Bonchev–Trinajstić information content (AvgIpc) is 3.66. The maximum absolute atomic E-state index is 14.4. The number of allylic oxidation sites excluding steroid dienone is 2. The Kier molecular flexibility index (Phi) is 13.3. The topological polar surface area (TPSA) is 127 Å². The summed E-state index contributed by atoms with van der Waals surface area (Å²) in [4.78, 5) is 62.9. The summed E-state index contributed by atoms with van der Waals surface area (Å²) in [6.07, 6.45) is 8.43. The van der Waals surface area contributed by atoms with Crippen LogP contribution in [0.1, 0.15) is 59.2 Å². The number of nitrogens with zero attached hydrogens (tertiary/aromatic N) is 4. The number of amides is 4. The third-order valence-corrected chi connectivity index (χ3v) is 15.4. The minimum absolute atomic E-state index is 0.0218. The van der Waals surface area contributed by atoms with Crippen LogP contribution in [0.15, 0.2) is 53.6 Å². The molecule has 0 N–H and O–H groups in total. The summed E-state index contributed by atoms with van der Waals surface area (Å²) in [5, 5.41) is 0. The smallest absolute Gasteiger partial charge is 0.257 e. The van der Waals surface area contributed by atoms with Crippen LogP contribution in [0.3, 0.4) is 0 Å². The Morgan fingerprint density at radius 2 is 1.37 bits per heavy atom. The molecule has 4 aliphatic heterocycles. The van der Waals surface area contributed by atoms with E-state index in [1.165, 1.54) is 12.7 Å². The first kappa shape index (κ1) is 43.6. The molecule has 5 aliphatic rings. The Labute approximate surface area is 356 Å². The van der Waals surface area contributed by atoms with Crippen LogP contribution in [-0.2, 0) is 19.1 Å². The molecule has 2 aromatic carbocycles. The molecule has 2 atom stereocenters. The standard InChI is InChI=1S/C45H62N4O9Si2/c1-54-40-26-35-38(49(30-56-21-23-60(5,6)7)45(53)39-24-31-12-8-9-13-32(31)28-47(39)43(35)51)27-41(40)58-19-11-18-57-33-15-16-34-37(25-33)48(29-55-20-22-59(2,3)4)44(52)36-14-10-17-46(36)42(34)50/h8,12,15-16,25-27,36,39H,9-11,13-14,17-24,28-30H2,1-7H3/t36-,39?/m0/s1. The molecule has 4 heterocycles. The fraction of sp³-hybridized carbons (Fsp3) is 0.556.